The minimum absolute atomic E-state index is 0.136. The predicted octanol–water partition coefficient (Wildman–Crippen LogP) is 0.268. The zero-order valence-corrected chi connectivity index (χ0v) is 8.84. The smallest absolute Gasteiger partial charge is 0.227 e. The zero-order valence-electron chi connectivity index (χ0n) is 8.84. The van der Waals surface area contributed by atoms with Crippen LogP contribution in [-0.4, -0.2) is 32.7 Å². The van der Waals surface area contributed by atoms with Crippen molar-refractivity contribution in [1.82, 2.24) is 5.32 Å². The predicted molar refractivity (Wildman–Crippen MR) is 54.8 cm³/mol. The Balaban J connectivity index is 2.04. The third-order valence-electron chi connectivity index (χ3n) is 2.79. The van der Waals surface area contributed by atoms with Gasteiger partial charge in [-0.3, -0.25) is 4.79 Å². The first-order chi connectivity index (χ1) is 6.75. The van der Waals surface area contributed by atoms with Gasteiger partial charge in [0.2, 0.25) is 5.91 Å². The van der Waals surface area contributed by atoms with Gasteiger partial charge in [0.15, 0.2) is 0 Å². The van der Waals surface area contributed by atoms with E-state index in [-0.39, 0.29) is 11.3 Å². The van der Waals surface area contributed by atoms with E-state index in [1.54, 1.807) is 7.11 Å². The molecule has 0 bridgehead atoms. The van der Waals surface area contributed by atoms with Crippen molar-refractivity contribution in [3.05, 3.63) is 0 Å². The van der Waals surface area contributed by atoms with E-state index in [0.29, 0.717) is 6.54 Å². The van der Waals surface area contributed by atoms with Gasteiger partial charge in [0.1, 0.15) is 0 Å². The number of nitrogens with one attached hydrogen (secondary N) is 1. The normalized spacial score (nSPS) is 17.9. The van der Waals surface area contributed by atoms with Crippen molar-refractivity contribution in [2.75, 3.05) is 26.8 Å². The van der Waals surface area contributed by atoms with Gasteiger partial charge in [-0.05, 0) is 25.7 Å². The molecule has 0 saturated heterocycles. The Morgan fingerprint density at radius 2 is 2.21 bits per heavy atom. The first kappa shape index (κ1) is 11.5. The van der Waals surface area contributed by atoms with Crippen molar-refractivity contribution in [3.8, 4) is 0 Å². The van der Waals surface area contributed by atoms with Gasteiger partial charge in [0.25, 0.3) is 0 Å². The second-order valence-electron chi connectivity index (χ2n) is 3.94. The molecule has 1 amide bonds. The molecule has 0 unspecified atom stereocenters. The second kappa shape index (κ2) is 5.32. The highest BCUT2D eigenvalue weighted by molar-refractivity contribution is 5.85. The van der Waals surface area contributed by atoms with Gasteiger partial charge < -0.3 is 15.8 Å². The Kier molecular flexibility index (Phi) is 4.35. The number of hydrogen-bond donors (Lipinski definition) is 2. The molecule has 14 heavy (non-hydrogen) atoms. The van der Waals surface area contributed by atoms with Gasteiger partial charge >= 0.3 is 0 Å². The number of carbonyl (C=O) groups excluding carboxylic acids is 1. The molecule has 0 aromatic heterocycles. The molecule has 0 heterocycles. The van der Waals surface area contributed by atoms with E-state index in [1.165, 1.54) is 0 Å². The van der Waals surface area contributed by atoms with Crippen molar-refractivity contribution in [1.29, 1.82) is 0 Å². The Labute approximate surface area is 85.2 Å². The average molecular weight is 200 g/mol. The lowest BCUT2D eigenvalue weighted by Crippen LogP contribution is -2.37. The maximum atomic E-state index is 11.6. The molecule has 1 aliphatic rings. The quantitative estimate of drug-likeness (QED) is 0.580. The summed E-state index contributed by atoms with van der Waals surface area (Å²) in [4.78, 5) is 11.6. The lowest BCUT2D eigenvalue weighted by atomic mass is 10.1. The van der Waals surface area contributed by atoms with E-state index in [9.17, 15) is 4.79 Å². The van der Waals surface area contributed by atoms with Crippen LogP contribution in [0.1, 0.15) is 25.7 Å². The molecule has 0 radical (unpaired) electrons. The summed E-state index contributed by atoms with van der Waals surface area (Å²) in [6, 6.07) is 0. The summed E-state index contributed by atoms with van der Waals surface area (Å²) in [6.07, 6.45) is 3.87. The van der Waals surface area contributed by atoms with Crippen molar-refractivity contribution < 1.29 is 9.53 Å². The Bertz CT molecular complexity index is 191. The maximum Gasteiger partial charge on any atom is 0.227 e. The van der Waals surface area contributed by atoms with Crippen LogP contribution >= 0.6 is 0 Å². The number of ether oxygens (including phenoxy) is 1. The number of hydrogen-bond acceptors (Lipinski definition) is 3. The van der Waals surface area contributed by atoms with E-state index in [2.05, 4.69) is 5.32 Å². The molecule has 1 fully saturated rings. The van der Waals surface area contributed by atoms with Gasteiger partial charge in [-0.2, -0.15) is 0 Å². The molecule has 1 aliphatic carbocycles. The highest BCUT2D eigenvalue weighted by Gasteiger charge is 2.48. The lowest BCUT2D eigenvalue weighted by molar-refractivity contribution is -0.125. The molecule has 0 aliphatic heterocycles. The minimum atomic E-state index is -0.207. The van der Waals surface area contributed by atoms with Gasteiger partial charge in [0, 0.05) is 26.8 Å². The number of carbonyl (C=O) groups is 1. The fourth-order valence-corrected chi connectivity index (χ4v) is 1.44. The van der Waals surface area contributed by atoms with Crippen LogP contribution in [0.2, 0.25) is 0 Å². The van der Waals surface area contributed by atoms with Crippen LogP contribution in [0.4, 0.5) is 0 Å². The molecular formula is C10H20N2O2. The van der Waals surface area contributed by atoms with Crippen LogP contribution in [0.15, 0.2) is 0 Å². The number of rotatable bonds is 7. The molecule has 0 atom stereocenters. The Morgan fingerprint density at radius 3 is 2.71 bits per heavy atom. The summed E-state index contributed by atoms with van der Waals surface area (Å²) in [6.45, 7) is 1.98. The van der Waals surface area contributed by atoms with Crippen molar-refractivity contribution >= 4 is 5.91 Å². The molecule has 4 heteroatoms. The molecule has 3 N–H and O–H groups in total. The van der Waals surface area contributed by atoms with Gasteiger partial charge in [0.05, 0.1) is 5.41 Å². The standard InChI is InChI=1S/C10H20N2O2/c1-14-7-3-2-6-12-9(13)10(8-11)4-5-10/h2-8,11H2,1H3,(H,12,13). The zero-order chi connectivity index (χ0) is 10.4. The van der Waals surface area contributed by atoms with E-state index in [1.807, 2.05) is 0 Å². The summed E-state index contributed by atoms with van der Waals surface area (Å²) in [5.41, 5.74) is 5.33. The van der Waals surface area contributed by atoms with Crippen LogP contribution in [0.3, 0.4) is 0 Å². The maximum absolute atomic E-state index is 11.6. The fraction of sp³-hybridized carbons (Fsp3) is 0.900. The molecule has 0 aromatic carbocycles. The van der Waals surface area contributed by atoms with Crippen LogP contribution in [0.5, 0.6) is 0 Å². The molecule has 82 valence electrons. The molecule has 1 rings (SSSR count). The minimum Gasteiger partial charge on any atom is -0.385 e. The summed E-state index contributed by atoms with van der Waals surface area (Å²) in [5.74, 6) is 0.136. The third kappa shape index (κ3) is 2.96. The van der Waals surface area contributed by atoms with Crippen LogP contribution < -0.4 is 11.1 Å². The van der Waals surface area contributed by atoms with Gasteiger partial charge in [-0.25, -0.2) is 0 Å². The van der Waals surface area contributed by atoms with E-state index in [0.717, 1.165) is 38.8 Å². The molecule has 4 nitrogen and oxygen atoms in total. The third-order valence-corrected chi connectivity index (χ3v) is 2.79. The summed E-state index contributed by atoms with van der Waals surface area (Å²) in [7, 11) is 1.69. The highest BCUT2D eigenvalue weighted by atomic mass is 16.5. The largest absolute Gasteiger partial charge is 0.385 e. The molecule has 0 aromatic rings. The fourth-order valence-electron chi connectivity index (χ4n) is 1.44. The van der Waals surface area contributed by atoms with Crippen LogP contribution in [0, 0.1) is 5.41 Å². The first-order valence-electron chi connectivity index (χ1n) is 5.22. The summed E-state index contributed by atoms with van der Waals surface area (Å²) in [5, 5.41) is 2.92. The van der Waals surface area contributed by atoms with Gasteiger partial charge in [-0.1, -0.05) is 0 Å². The topological polar surface area (TPSA) is 64.3 Å². The number of nitrogens with two attached hydrogens (primary N) is 1. The Hall–Kier alpha value is -0.610. The number of methoxy groups -OCH3 is 1. The SMILES string of the molecule is COCCCCNC(=O)C1(CN)CC1. The molecular weight excluding hydrogens is 180 g/mol. The second-order valence-corrected chi connectivity index (χ2v) is 3.94. The van der Waals surface area contributed by atoms with Crippen molar-refractivity contribution in [3.63, 3.8) is 0 Å². The number of unbranched alkanes of at least 4 members (excludes halogenated alkanes) is 1. The summed E-state index contributed by atoms with van der Waals surface area (Å²) < 4.78 is 4.92. The first-order valence-corrected chi connectivity index (χ1v) is 5.22. The lowest BCUT2D eigenvalue weighted by Gasteiger charge is -2.12. The molecule has 1 saturated carbocycles. The summed E-state index contributed by atoms with van der Waals surface area (Å²) >= 11 is 0. The average Bonchev–Trinajstić information content (AvgIpc) is 2.98. The van der Waals surface area contributed by atoms with Crippen molar-refractivity contribution in [2.45, 2.75) is 25.7 Å². The van der Waals surface area contributed by atoms with Gasteiger partial charge in [-0.15, -0.1) is 0 Å². The van der Waals surface area contributed by atoms with E-state index in [4.69, 9.17) is 10.5 Å². The van der Waals surface area contributed by atoms with E-state index >= 15 is 0 Å². The monoisotopic (exact) mass is 200 g/mol. The van der Waals surface area contributed by atoms with Crippen LogP contribution in [0.25, 0.3) is 0 Å². The Morgan fingerprint density at radius 1 is 1.50 bits per heavy atom. The van der Waals surface area contributed by atoms with Crippen LogP contribution in [-0.2, 0) is 9.53 Å². The number of amides is 1. The van der Waals surface area contributed by atoms with E-state index < -0.39 is 0 Å². The highest BCUT2D eigenvalue weighted by Crippen LogP contribution is 2.44. The van der Waals surface area contributed by atoms with Crippen molar-refractivity contribution in [2.24, 2.45) is 11.1 Å². The molecule has 0 spiro atoms.